The van der Waals surface area contributed by atoms with Gasteiger partial charge in [-0.05, 0) is 0 Å². The Morgan fingerprint density at radius 1 is 1.46 bits per heavy atom. The maximum Gasteiger partial charge on any atom is 0.407 e. The summed E-state index contributed by atoms with van der Waals surface area (Å²) in [6.45, 7) is 0. The molecule has 0 bridgehead atoms. The number of hydrogen-bond donors (Lipinski definition) is 1. The van der Waals surface area contributed by atoms with Crippen LogP contribution in [0.25, 0.3) is 0 Å². The molecular formula is C7H8F3NO2. The van der Waals surface area contributed by atoms with Gasteiger partial charge < -0.3 is 14.9 Å². The zero-order chi connectivity index (χ0) is 10.1. The van der Waals surface area contributed by atoms with E-state index in [1.54, 1.807) is 0 Å². The van der Waals surface area contributed by atoms with E-state index in [-0.39, 0.29) is 11.3 Å². The Balaban J connectivity index is 2.94. The largest absolute Gasteiger partial charge is 0.493 e. The summed E-state index contributed by atoms with van der Waals surface area (Å²) in [7, 11) is 1.25. The van der Waals surface area contributed by atoms with Crippen LogP contribution in [0, 0.1) is 0 Å². The third-order valence-corrected chi connectivity index (χ3v) is 1.56. The third kappa shape index (κ3) is 1.95. The van der Waals surface area contributed by atoms with Crippen molar-refractivity contribution < 1.29 is 22.3 Å². The van der Waals surface area contributed by atoms with Gasteiger partial charge in [0.15, 0.2) is 5.75 Å². The highest BCUT2D eigenvalue weighted by molar-refractivity contribution is 5.31. The van der Waals surface area contributed by atoms with E-state index in [9.17, 15) is 13.2 Å². The molecule has 3 nitrogen and oxygen atoms in total. The van der Waals surface area contributed by atoms with Gasteiger partial charge in [0, 0.05) is 0 Å². The Kier molecular flexibility index (Phi) is 2.51. The van der Waals surface area contributed by atoms with E-state index in [2.05, 4.69) is 9.15 Å². The standard InChI is InChI=1S/C7H8F3NO2/c1-12-5-3-13-2-4(5)6(11)7(8,9)10/h2-3,6H,11H2,1H3/t6-/m0/s1. The summed E-state index contributed by atoms with van der Waals surface area (Å²) in [4.78, 5) is 0. The lowest BCUT2D eigenvalue weighted by Gasteiger charge is -2.14. The average Bonchev–Trinajstić information content (AvgIpc) is 2.48. The molecule has 1 rings (SSSR count). The normalized spacial score (nSPS) is 14.2. The molecule has 0 spiro atoms. The predicted octanol–water partition coefficient (Wildman–Crippen LogP) is 1.85. The maximum atomic E-state index is 12.1. The first kappa shape index (κ1) is 9.91. The van der Waals surface area contributed by atoms with Gasteiger partial charge in [0.05, 0.1) is 18.9 Å². The second-order valence-electron chi connectivity index (χ2n) is 2.41. The van der Waals surface area contributed by atoms with E-state index in [1.807, 2.05) is 0 Å². The van der Waals surface area contributed by atoms with Gasteiger partial charge in [0.25, 0.3) is 0 Å². The lowest BCUT2D eigenvalue weighted by molar-refractivity contribution is -0.149. The molecule has 0 saturated heterocycles. The number of methoxy groups -OCH3 is 1. The van der Waals surface area contributed by atoms with E-state index in [1.165, 1.54) is 7.11 Å². The molecule has 0 aromatic carbocycles. The third-order valence-electron chi connectivity index (χ3n) is 1.56. The van der Waals surface area contributed by atoms with Crippen molar-refractivity contribution in [3.05, 3.63) is 18.1 Å². The Hall–Kier alpha value is -1.17. The van der Waals surface area contributed by atoms with Gasteiger partial charge in [-0.2, -0.15) is 13.2 Å². The molecule has 13 heavy (non-hydrogen) atoms. The fraction of sp³-hybridized carbons (Fsp3) is 0.429. The second kappa shape index (κ2) is 3.29. The molecule has 1 aromatic rings. The number of ether oxygens (including phenoxy) is 1. The SMILES string of the molecule is COc1cocc1[C@H](N)C(F)(F)F. The molecule has 0 saturated carbocycles. The molecule has 1 heterocycles. The molecule has 6 heteroatoms. The van der Waals surface area contributed by atoms with Crippen molar-refractivity contribution in [3.63, 3.8) is 0 Å². The lowest BCUT2D eigenvalue weighted by Crippen LogP contribution is -2.28. The first-order chi connectivity index (χ1) is 5.96. The monoisotopic (exact) mass is 195 g/mol. The molecule has 0 aliphatic heterocycles. The number of furan rings is 1. The van der Waals surface area contributed by atoms with Gasteiger partial charge in [0.2, 0.25) is 0 Å². The van der Waals surface area contributed by atoms with Crippen molar-refractivity contribution in [3.8, 4) is 5.75 Å². The highest BCUT2D eigenvalue weighted by Crippen LogP contribution is 2.35. The minimum atomic E-state index is -4.49. The summed E-state index contributed by atoms with van der Waals surface area (Å²) in [5.74, 6) is 0.00447. The van der Waals surface area contributed by atoms with Crippen LogP contribution in [0.3, 0.4) is 0 Å². The zero-order valence-electron chi connectivity index (χ0n) is 6.76. The van der Waals surface area contributed by atoms with E-state index in [4.69, 9.17) is 5.73 Å². The summed E-state index contributed by atoms with van der Waals surface area (Å²) in [5, 5.41) is 0. The smallest absolute Gasteiger partial charge is 0.407 e. The highest BCUT2D eigenvalue weighted by atomic mass is 19.4. The fourth-order valence-corrected chi connectivity index (χ4v) is 0.864. The topological polar surface area (TPSA) is 48.4 Å². The predicted molar refractivity (Wildman–Crippen MR) is 38.2 cm³/mol. The number of alkyl halides is 3. The molecule has 0 aliphatic carbocycles. The van der Waals surface area contributed by atoms with Gasteiger partial charge in [0.1, 0.15) is 12.3 Å². The Labute approximate surface area is 72.3 Å². The summed E-state index contributed by atoms with van der Waals surface area (Å²) in [6, 6.07) is -2.07. The fourth-order valence-electron chi connectivity index (χ4n) is 0.864. The lowest BCUT2D eigenvalue weighted by atomic mass is 10.1. The van der Waals surface area contributed by atoms with Crippen LogP contribution in [0.1, 0.15) is 11.6 Å². The highest BCUT2D eigenvalue weighted by Gasteiger charge is 2.40. The van der Waals surface area contributed by atoms with Gasteiger partial charge in [-0.25, -0.2) is 0 Å². The summed E-state index contributed by atoms with van der Waals surface area (Å²) < 4.78 is 45.5. The number of hydrogen-bond acceptors (Lipinski definition) is 3. The summed E-state index contributed by atoms with van der Waals surface area (Å²) in [5.41, 5.74) is 4.73. The van der Waals surface area contributed by atoms with Crippen molar-refractivity contribution in [2.24, 2.45) is 5.73 Å². The molecule has 1 atom stereocenters. The first-order valence-electron chi connectivity index (χ1n) is 3.39. The Morgan fingerprint density at radius 2 is 2.08 bits per heavy atom. The van der Waals surface area contributed by atoms with E-state index < -0.39 is 12.2 Å². The van der Waals surface area contributed by atoms with Crippen molar-refractivity contribution in [2.75, 3.05) is 7.11 Å². The summed E-state index contributed by atoms with van der Waals surface area (Å²) >= 11 is 0. The molecule has 74 valence electrons. The van der Waals surface area contributed by atoms with Crippen LogP contribution in [0.2, 0.25) is 0 Å². The minimum absolute atomic E-state index is 0.00447. The van der Waals surface area contributed by atoms with Crippen LogP contribution < -0.4 is 10.5 Å². The first-order valence-corrected chi connectivity index (χ1v) is 3.39. The molecule has 0 unspecified atom stereocenters. The van der Waals surface area contributed by atoms with Gasteiger partial charge in [-0.1, -0.05) is 0 Å². The van der Waals surface area contributed by atoms with Crippen LogP contribution in [-0.4, -0.2) is 13.3 Å². The quantitative estimate of drug-likeness (QED) is 0.783. The average molecular weight is 195 g/mol. The van der Waals surface area contributed by atoms with Crippen LogP contribution >= 0.6 is 0 Å². The molecule has 2 N–H and O–H groups in total. The number of halogens is 3. The minimum Gasteiger partial charge on any atom is -0.493 e. The van der Waals surface area contributed by atoms with Crippen LogP contribution in [0.15, 0.2) is 16.9 Å². The molecule has 0 fully saturated rings. The summed E-state index contributed by atoms with van der Waals surface area (Å²) in [6.07, 6.45) is -2.49. The molecule has 0 amide bonds. The Bertz CT molecular complexity index is 282. The molecule has 1 aromatic heterocycles. The van der Waals surface area contributed by atoms with E-state index >= 15 is 0 Å². The van der Waals surface area contributed by atoms with Crippen molar-refractivity contribution in [2.45, 2.75) is 12.2 Å². The van der Waals surface area contributed by atoms with Crippen LogP contribution in [0.4, 0.5) is 13.2 Å². The van der Waals surface area contributed by atoms with Crippen LogP contribution in [0.5, 0.6) is 5.75 Å². The van der Waals surface area contributed by atoms with Crippen LogP contribution in [-0.2, 0) is 0 Å². The number of rotatable bonds is 2. The van der Waals surface area contributed by atoms with Crippen molar-refractivity contribution in [1.29, 1.82) is 0 Å². The van der Waals surface area contributed by atoms with E-state index in [0.29, 0.717) is 0 Å². The molecular weight excluding hydrogens is 187 g/mol. The zero-order valence-corrected chi connectivity index (χ0v) is 6.76. The van der Waals surface area contributed by atoms with E-state index in [0.717, 1.165) is 12.5 Å². The van der Waals surface area contributed by atoms with Crippen molar-refractivity contribution in [1.82, 2.24) is 0 Å². The molecule has 0 aliphatic rings. The Morgan fingerprint density at radius 3 is 2.54 bits per heavy atom. The van der Waals surface area contributed by atoms with Gasteiger partial charge in [-0.3, -0.25) is 0 Å². The molecule has 0 radical (unpaired) electrons. The van der Waals surface area contributed by atoms with Gasteiger partial charge >= 0.3 is 6.18 Å². The maximum absolute atomic E-state index is 12.1. The van der Waals surface area contributed by atoms with Crippen molar-refractivity contribution >= 4 is 0 Å². The number of nitrogens with two attached hydrogens (primary N) is 1. The van der Waals surface area contributed by atoms with Gasteiger partial charge in [-0.15, -0.1) is 0 Å². The second-order valence-corrected chi connectivity index (χ2v) is 2.41.